The van der Waals surface area contributed by atoms with E-state index in [0.29, 0.717) is 5.82 Å². The van der Waals surface area contributed by atoms with Crippen LogP contribution >= 0.6 is 31.9 Å². The Kier molecular flexibility index (Phi) is 5.01. The molecular formula is C13H14Br2N4. The Bertz CT molecular complexity index is 587. The van der Waals surface area contributed by atoms with Crippen LogP contribution in [0.25, 0.3) is 11.5 Å². The summed E-state index contributed by atoms with van der Waals surface area (Å²) < 4.78 is 1.80. The van der Waals surface area contributed by atoms with Crippen LogP contribution in [0.3, 0.4) is 0 Å². The van der Waals surface area contributed by atoms with E-state index in [-0.39, 0.29) is 0 Å². The summed E-state index contributed by atoms with van der Waals surface area (Å²) in [5.41, 5.74) is 2.67. The van der Waals surface area contributed by atoms with Gasteiger partial charge in [-0.15, -0.1) is 0 Å². The molecule has 2 rings (SSSR count). The number of hydrogen-bond acceptors (Lipinski definition) is 4. The van der Waals surface area contributed by atoms with E-state index in [1.54, 1.807) is 6.20 Å². The van der Waals surface area contributed by atoms with E-state index in [1.165, 1.54) is 0 Å². The number of nitrogens with zero attached hydrogens (tertiary/aromatic N) is 3. The molecular weight excluding hydrogens is 372 g/mol. The standard InChI is InChI=1S/C13H14Br2N4/c1-3-16-7-10-4-8(2)18-13(19-10)12-11(15)5-9(14)6-17-12/h4-6,16H,3,7H2,1-2H3. The van der Waals surface area contributed by atoms with Crippen LogP contribution in [0.4, 0.5) is 0 Å². The molecule has 0 bridgehead atoms. The first kappa shape index (κ1) is 14.6. The molecule has 0 aromatic carbocycles. The van der Waals surface area contributed by atoms with Gasteiger partial charge in [-0.3, -0.25) is 4.98 Å². The van der Waals surface area contributed by atoms with Crippen molar-refractivity contribution in [1.82, 2.24) is 20.3 Å². The molecule has 100 valence electrons. The minimum atomic E-state index is 0.646. The molecule has 6 heteroatoms. The van der Waals surface area contributed by atoms with Crippen molar-refractivity contribution in [2.24, 2.45) is 0 Å². The van der Waals surface area contributed by atoms with Crippen LogP contribution in [0.1, 0.15) is 18.3 Å². The first-order valence-electron chi connectivity index (χ1n) is 5.97. The quantitative estimate of drug-likeness (QED) is 0.875. The van der Waals surface area contributed by atoms with Crippen LogP contribution < -0.4 is 5.32 Å². The molecule has 4 nitrogen and oxygen atoms in total. The van der Waals surface area contributed by atoms with E-state index in [0.717, 1.165) is 39.1 Å². The smallest absolute Gasteiger partial charge is 0.179 e. The van der Waals surface area contributed by atoms with Crippen molar-refractivity contribution in [2.45, 2.75) is 20.4 Å². The average Bonchev–Trinajstić information content (AvgIpc) is 2.35. The van der Waals surface area contributed by atoms with Crippen molar-refractivity contribution in [3.8, 4) is 11.5 Å². The van der Waals surface area contributed by atoms with E-state index >= 15 is 0 Å². The lowest BCUT2D eigenvalue weighted by Gasteiger charge is -2.07. The van der Waals surface area contributed by atoms with Crippen molar-refractivity contribution in [3.63, 3.8) is 0 Å². The number of hydrogen-bond donors (Lipinski definition) is 1. The Morgan fingerprint density at radius 3 is 2.68 bits per heavy atom. The monoisotopic (exact) mass is 384 g/mol. The highest BCUT2D eigenvalue weighted by atomic mass is 79.9. The topological polar surface area (TPSA) is 50.7 Å². The van der Waals surface area contributed by atoms with Crippen LogP contribution in [0.15, 0.2) is 27.3 Å². The maximum atomic E-state index is 4.55. The van der Waals surface area contributed by atoms with Crippen molar-refractivity contribution >= 4 is 31.9 Å². The molecule has 0 aliphatic heterocycles. The molecule has 2 heterocycles. The van der Waals surface area contributed by atoms with Crippen molar-refractivity contribution in [2.75, 3.05) is 6.54 Å². The SMILES string of the molecule is CCNCc1cc(C)nc(-c2ncc(Br)cc2Br)n1. The maximum Gasteiger partial charge on any atom is 0.179 e. The summed E-state index contributed by atoms with van der Waals surface area (Å²) in [6.07, 6.45) is 1.75. The molecule has 0 aliphatic rings. The third-order valence-electron chi connectivity index (χ3n) is 2.48. The van der Waals surface area contributed by atoms with Crippen LogP contribution in [-0.4, -0.2) is 21.5 Å². The molecule has 2 aromatic rings. The zero-order chi connectivity index (χ0) is 13.8. The normalized spacial score (nSPS) is 10.7. The summed E-state index contributed by atoms with van der Waals surface area (Å²) in [5, 5.41) is 3.26. The zero-order valence-corrected chi connectivity index (χ0v) is 13.9. The molecule has 0 atom stereocenters. The Labute approximate surface area is 129 Å². The lowest BCUT2D eigenvalue weighted by molar-refractivity contribution is 0.707. The highest BCUT2D eigenvalue weighted by Gasteiger charge is 2.10. The summed E-state index contributed by atoms with van der Waals surface area (Å²) in [4.78, 5) is 13.4. The van der Waals surface area contributed by atoms with Gasteiger partial charge in [0.25, 0.3) is 0 Å². The minimum Gasteiger partial charge on any atom is -0.311 e. The Morgan fingerprint density at radius 1 is 1.21 bits per heavy atom. The second-order valence-electron chi connectivity index (χ2n) is 4.09. The summed E-state index contributed by atoms with van der Waals surface area (Å²) in [6, 6.07) is 3.93. The lowest BCUT2D eigenvalue weighted by Crippen LogP contribution is -2.14. The fourth-order valence-electron chi connectivity index (χ4n) is 1.66. The molecule has 0 aliphatic carbocycles. The number of aromatic nitrogens is 3. The number of nitrogens with one attached hydrogen (secondary N) is 1. The number of pyridine rings is 1. The van der Waals surface area contributed by atoms with Gasteiger partial charge in [0, 0.05) is 27.4 Å². The third kappa shape index (κ3) is 3.81. The zero-order valence-electron chi connectivity index (χ0n) is 10.7. The fraction of sp³-hybridized carbons (Fsp3) is 0.308. The van der Waals surface area contributed by atoms with Crippen molar-refractivity contribution < 1.29 is 0 Å². The van der Waals surface area contributed by atoms with E-state index in [9.17, 15) is 0 Å². The van der Waals surface area contributed by atoms with E-state index in [1.807, 2.05) is 19.1 Å². The molecule has 0 amide bonds. The number of rotatable bonds is 4. The Morgan fingerprint density at radius 2 is 2.00 bits per heavy atom. The fourth-order valence-corrected chi connectivity index (χ4v) is 2.83. The Balaban J connectivity index is 2.41. The minimum absolute atomic E-state index is 0.646. The van der Waals surface area contributed by atoms with E-state index in [2.05, 4.69) is 59.1 Å². The van der Waals surface area contributed by atoms with Gasteiger partial charge in [0.2, 0.25) is 0 Å². The van der Waals surface area contributed by atoms with Gasteiger partial charge in [-0.1, -0.05) is 6.92 Å². The molecule has 2 aromatic heterocycles. The molecule has 0 saturated heterocycles. The maximum absolute atomic E-state index is 4.55. The van der Waals surface area contributed by atoms with Crippen LogP contribution in [0.5, 0.6) is 0 Å². The van der Waals surface area contributed by atoms with Gasteiger partial charge in [0.1, 0.15) is 5.69 Å². The van der Waals surface area contributed by atoms with Gasteiger partial charge in [0.05, 0.1) is 5.69 Å². The van der Waals surface area contributed by atoms with Gasteiger partial charge in [-0.25, -0.2) is 9.97 Å². The predicted octanol–water partition coefficient (Wildman–Crippen LogP) is 3.48. The van der Waals surface area contributed by atoms with E-state index in [4.69, 9.17) is 0 Å². The van der Waals surface area contributed by atoms with Gasteiger partial charge in [-0.05, 0) is 57.5 Å². The molecule has 19 heavy (non-hydrogen) atoms. The first-order valence-corrected chi connectivity index (χ1v) is 7.55. The second kappa shape index (κ2) is 6.54. The van der Waals surface area contributed by atoms with Gasteiger partial charge < -0.3 is 5.32 Å². The average molecular weight is 386 g/mol. The van der Waals surface area contributed by atoms with Crippen LogP contribution in [0.2, 0.25) is 0 Å². The molecule has 0 saturated carbocycles. The molecule has 0 radical (unpaired) electrons. The van der Waals surface area contributed by atoms with Crippen LogP contribution in [0, 0.1) is 6.92 Å². The predicted molar refractivity (Wildman–Crippen MR) is 82.8 cm³/mol. The highest BCUT2D eigenvalue weighted by molar-refractivity contribution is 9.11. The molecule has 0 spiro atoms. The molecule has 0 fully saturated rings. The van der Waals surface area contributed by atoms with Crippen molar-refractivity contribution in [1.29, 1.82) is 0 Å². The highest BCUT2D eigenvalue weighted by Crippen LogP contribution is 2.26. The third-order valence-corrected chi connectivity index (χ3v) is 3.52. The number of aryl methyl sites for hydroxylation is 1. The summed E-state index contributed by atoms with van der Waals surface area (Å²) in [6.45, 7) is 5.69. The number of halogens is 2. The summed E-state index contributed by atoms with van der Waals surface area (Å²) in [7, 11) is 0. The van der Waals surface area contributed by atoms with Gasteiger partial charge in [0.15, 0.2) is 5.82 Å². The summed E-state index contributed by atoms with van der Waals surface area (Å²) >= 11 is 6.89. The van der Waals surface area contributed by atoms with Gasteiger partial charge >= 0.3 is 0 Å². The van der Waals surface area contributed by atoms with Gasteiger partial charge in [-0.2, -0.15) is 0 Å². The largest absolute Gasteiger partial charge is 0.311 e. The molecule has 1 N–H and O–H groups in total. The summed E-state index contributed by atoms with van der Waals surface area (Å²) in [5.74, 6) is 0.646. The lowest BCUT2D eigenvalue weighted by atomic mass is 10.3. The molecule has 0 unspecified atom stereocenters. The first-order chi connectivity index (χ1) is 9.10. The van der Waals surface area contributed by atoms with Crippen molar-refractivity contribution in [3.05, 3.63) is 38.7 Å². The second-order valence-corrected chi connectivity index (χ2v) is 5.86. The van der Waals surface area contributed by atoms with E-state index < -0.39 is 0 Å². The Hall–Kier alpha value is -0.850. The van der Waals surface area contributed by atoms with Crippen LogP contribution in [-0.2, 0) is 6.54 Å².